The molecular weight excluding hydrogens is 640 g/mol. The maximum atomic E-state index is 14.2. The molecular formula is C39H50N2O9. The van der Waals surface area contributed by atoms with E-state index in [1.165, 1.54) is 0 Å². The fraction of sp³-hybridized carbons (Fsp3) is 0.436. The zero-order chi connectivity index (χ0) is 36.2. The molecule has 270 valence electrons. The molecule has 0 aliphatic carbocycles. The molecule has 0 radical (unpaired) electrons. The lowest BCUT2D eigenvalue weighted by molar-refractivity contribution is -0.157. The van der Waals surface area contributed by atoms with Gasteiger partial charge in [0.1, 0.15) is 17.9 Å². The number of allylic oxidation sites excluding steroid dienone is 1. The average Bonchev–Trinajstić information content (AvgIpc) is 3.15. The van der Waals surface area contributed by atoms with Crippen molar-refractivity contribution < 1.29 is 42.7 Å². The summed E-state index contributed by atoms with van der Waals surface area (Å²) in [6.45, 7) is 7.03. The standard InChI is InChI=1S/C39H50N2O9/c1-8-30(28-22-35(46-5)38(48-7)36(23-28)47-6)25(2)41-19-10-9-14-31(41)39(43)50-32(27-12-11-13-29(21-27)49-24-37(40)42)17-15-26-16-18-33(44-3)34(20-26)45-4/h11-13,16,18,20-23,30-32H,2,8-10,14-15,17,19,24H2,1,3-7H3,(H2,40,42)/t30-,31+,32-/m1/s1. The third kappa shape index (κ3) is 9.13. The van der Waals surface area contributed by atoms with Crippen LogP contribution in [-0.2, 0) is 20.7 Å². The minimum Gasteiger partial charge on any atom is -0.493 e. The van der Waals surface area contributed by atoms with Crippen LogP contribution in [0.2, 0.25) is 0 Å². The third-order valence-corrected chi connectivity index (χ3v) is 9.06. The molecule has 0 saturated carbocycles. The number of primary amides is 1. The number of likely N-dealkylation sites (tertiary alicyclic amines) is 1. The number of esters is 1. The summed E-state index contributed by atoms with van der Waals surface area (Å²) in [5.41, 5.74) is 8.82. The van der Waals surface area contributed by atoms with Gasteiger partial charge in [0, 0.05) is 18.2 Å². The van der Waals surface area contributed by atoms with Crippen LogP contribution in [0.25, 0.3) is 0 Å². The smallest absolute Gasteiger partial charge is 0.329 e. The Morgan fingerprint density at radius 1 is 0.860 bits per heavy atom. The van der Waals surface area contributed by atoms with E-state index >= 15 is 0 Å². The van der Waals surface area contributed by atoms with E-state index in [1.54, 1.807) is 53.7 Å². The number of carbonyl (C=O) groups excluding carboxylic acids is 2. The summed E-state index contributed by atoms with van der Waals surface area (Å²) in [5.74, 6) is 2.32. The number of rotatable bonds is 18. The van der Waals surface area contributed by atoms with E-state index in [4.69, 9.17) is 38.9 Å². The molecule has 3 aromatic rings. The van der Waals surface area contributed by atoms with E-state index in [9.17, 15) is 9.59 Å². The summed E-state index contributed by atoms with van der Waals surface area (Å²) in [6.07, 6.45) is 3.65. The highest BCUT2D eigenvalue weighted by molar-refractivity contribution is 5.77. The number of nitrogens with two attached hydrogens (primary N) is 1. The van der Waals surface area contributed by atoms with Crippen LogP contribution in [0.15, 0.2) is 66.9 Å². The third-order valence-electron chi connectivity index (χ3n) is 9.06. The van der Waals surface area contributed by atoms with Crippen LogP contribution < -0.4 is 34.2 Å². The van der Waals surface area contributed by atoms with Gasteiger partial charge in [-0.2, -0.15) is 0 Å². The number of methoxy groups -OCH3 is 5. The Morgan fingerprint density at radius 2 is 1.56 bits per heavy atom. The predicted octanol–water partition coefficient (Wildman–Crippen LogP) is 6.37. The van der Waals surface area contributed by atoms with Crippen molar-refractivity contribution in [1.82, 2.24) is 4.90 Å². The Bertz CT molecular complexity index is 1600. The van der Waals surface area contributed by atoms with Crippen molar-refractivity contribution in [3.05, 3.63) is 83.6 Å². The largest absolute Gasteiger partial charge is 0.493 e. The molecule has 0 spiro atoms. The molecule has 1 saturated heterocycles. The van der Waals surface area contributed by atoms with Gasteiger partial charge in [0.25, 0.3) is 5.91 Å². The summed E-state index contributed by atoms with van der Waals surface area (Å²) in [7, 11) is 7.95. The van der Waals surface area contributed by atoms with E-state index in [1.807, 2.05) is 36.4 Å². The number of aryl methyl sites for hydroxylation is 1. The molecule has 0 bridgehead atoms. The molecule has 1 aliphatic rings. The van der Waals surface area contributed by atoms with Gasteiger partial charge in [-0.15, -0.1) is 0 Å². The van der Waals surface area contributed by atoms with Crippen LogP contribution in [0.4, 0.5) is 0 Å². The highest BCUT2D eigenvalue weighted by atomic mass is 16.5. The van der Waals surface area contributed by atoms with E-state index in [-0.39, 0.29) is 18.5 Å². The average molecular weight is 691 g/mol. The molecule has 3 atom stereocenters. The summed E-state index contributed by atoms with van der Waals surface area (Å²) in [6, 6.07) is 16.3. The Kier molecular flexibility index (Phi) is 13.7. The van der Waals surface area contributed by atoms with Gasteiger partial charge in [-0.25, -0.2) is 4.79 Å². The minimum atomic E-state index is -0.609. The predicted molar refractivity (Wildman–Crippen MR) is 190 cm³/mol. The lowest BCUT2D eigenvalue weighted by Gasteiger charge is -2.40. The van der Waals surface area contributed by atoms with Crippen molar-refractivity contribution in [1.29, 1.82) is 0 Å². The number of hydrogen-bond acceptors (Lipinski definition) is 10. The van der Waals surface area contributed by atoms with Crippen LogP contribution in [0.3, 0.4) is 0 Å². The monoisotopic (exact) mass is 690 g/mol. The lowest BCUT2D eigenvalue weighted by Crippen LogP contribution is -2.46. The Morgan fingerprint density at radius 3 is 2.18 bits per heavy atom. The summed E-state index contributed by atoms with van der Waals surface area (Å²) < 4.78 is 39.7. The highest BCUT2D eigenvalue weighted by Crippen LogP contribution is 2.43. The number of ether oxygens (including phenoxy) is 7. The molecule has 1 aliphatic heterocycles. The minimum absolute atomic E-state index is 0.114. The number of piperidine rings is 1. The number of hydrogen-bond donors (Lipinski definition) is 1. The fourth-order valence-corrected chi connectivity index (χ4v) is 6.49. The Labute approximate surface area is 295 Å². The Hall–Kier alpha value is -5.06. The first-order chi connectivity index (χ1) is 24.2. The van der Waals surface area contributed by atoms with Crippen LogP contribution in [0.5, 0.6) is 34.5 Å². The number of amides is 1. The van der Waals surface area contributed by atoms with Gasteiger partial charge in [0.05, 0.1) is 35.5 Å². The van der Waals surface area contributed by atoms with Gasteiger partial charge in [0.2, 0.25) is 5.75 Å². The summed E-state index contributed by atoms with van der Waals surface area (Å²) in [4.78, 5) is 27.7. The topological polar surface area (TPSA) is 128 Å². The first-order valence-electron chi connectivity index (χ1n) is 16.9. The van der Waals surface area contributed by atoms with Crippen LogP contribution in [0.1, 0.15) is 67.7 Å². The van der Waals surface area contributed by atoms with Crippen LogP contribution in [0, 0.1) is 0 Å². The normalized spacial score (nSPS) is 15.3. The second-order valence-electron chi connectivity index (χ2n) is 12.1. The molecule has 11 nitrogen and oxygen atoms in total. The first-order valence-corrected chi connectivity index (χ1v) is 16.9. The SMILES string of the molecule is C=C([C@@H](CC)c1cc(OC)c(OC)c(OC)c1)N1CCCC[C@H]1C(=O)O[C@H](CCc1ccc(OC)c(OC)c1)c1cccc(OCC(N)=O)c1. The second-order valence-corrected chi connectivity index (χ2v) is 12.1. The van der Waals surface area contributed by atoms with Gasteiger partial charge in [0.15, 0.2) is 29.6 Å². The number of benzene rings is 3. The van der Waals surface area contributed by atoms with Gasteiger partial charge in [-0.05, 0) is 91.6 Å². The first kappa shape index (κ1) is 37.8. The van der Waals surface area contributed by atoms with Crippen molar-refractivity contribution in [2.24, 2.45) is 5.73 Å². The lowest BCUT2D eigenvalue weighted by atomic mass is 9.89. The van der Waals surface area contributed by atoms with Gasteiger partial charge >= 0.3 is 5.97 Å². The van der Waals surface area contributed by atoms with Gasteiger partial charge in [-0.1, -0.05) is 31.7 Å². The van der Waals surface area contributed by atoms with Crippen LogP contribution >= 0.6 is 0 Å². The molecule has 1 amide bonds. The van der Waals surface area contributed by atoms with E-state index < -0.39 is 18.1 Å². The molecule has 3 aromatic carbocycles. The maximum Gasteiger partial charge on any atom is 0.329 e. The molecule has 50 heavy (non-hydrogen) atoms. The maximum absolute atomic E-state index is 14.2. The van der Waals surface area contributed by atoms with Crippen molar-refractivity contribution >= 4 is 11.9 Å². The number of nitrogens with zero attached hydrogens (tertiary/aromatic N) is 1. The van der Waals surface area contributed by atoms with Crippen molar-refractivity contribution in [3.8, 4) is 34.5 Å². The van der Waals surface area contributed by atoms with Gasteiger partial charge in [-0.3, -0.25) is 4.79 Å². The molecule has 0 aromatic heterocycles. The molecule has 11 heteroatoms. The van der Waals surface area contributed by atoms with Crippen molar-refractivity contribution in [3.63, 3.8) is 0 Å². The van der Waals surface area contributed by atoms with Gasteiger partial charge < -0.3 is 43.8 Å². The second kappa shape index (κ2) is 18.1. The van der Waals surface area contributed by atoms with E-state index in [2.05, 4.69) is 18.4 Å². The number of carbonyl (C=O) groups is 2. The van der Waals surface area contributed by atoms with Crippen molar-refractivity contribution in [2.75, 3.05) is 48.7 Å². The van der Waals surface area contributed by atoms with E-state index in [0.717, 1.165) is 41.6 Å². The quantitative estimate of drug-likeness (QED) is 0.150. The zero-order valence-corrected chi connectivity index (χ0v) is 30.0. The Balaban J connectivity index is 1.61. The molecule has 2 N–H and O–H groups in total. The fourth-order valence-electron chi connectivity index (χ4n) is 6.49. The zero-order valence-electron chi connectivity index (χ0n) is 30.0. The van der Waals surface area contributed by atoms with Crippen molar-refractivity contribution in [2.45, 2.75) is 63.5 Å². The summed E-state index contributed by atoms with van der Waals surface area (Å²) in [5, 5.41) is 0. The highest BCUT2D eigenvalue weighted by Gasteiger charge is 2.35. The van der Waals surface area contributed by atoms with E-state index in [0.29, 0.717) is 60.3 Å². The molecule has 4 rings (SSSR count). The molecule has 0 unspecified atom stereocenters. The summed E-state index contributed by atoms with van der Waals surface area (Å²) >= 11 is 0. The molecule has 1 heterocycles. The molecule has 1 fully saturated rings. The van der Waals surface area contributed by atoms with Crippen LogP contribution in [-0.4, -0.2) is 71.5 Å².